The molecule has 0 atom stereocenters. The Hall–Kier alpha value is -2.99. The zero-order chi connectivity index (χ0) is 21.7. The third-order valence-corrected chi connectivity index (χ3v) is 6.60. The first-order chi connectivity index (χ1) is 14.3. The molecule has 0 radical (unpaired) electrons. The van der Waals surface area contributed by atoms with E-state index in [2.05, 4.69) is 27.9 Å². The minimum atomic E-state index is -4.08. The van der Waals surface area contributed by atoms with E-state index >= 15 is 0 Å². The number of non-ortho nitro benzene ring substituents is 1. The average molecular weight is 537 g/mol. The number of anilines is 2. The molecule has 1 amide bonds. The van der Waals surface area contributed by atoms with Crippen LogP contribution in [0.25, 0.3) is 0 Å². The monoisotopic (exact) mass is 537 g/mol. The number of carbonyl (C=O) groups is 1. The second-order valence-corrected chi connectivity index (χ2v) is 9.26. The molecular formula is C20H16IN3O5S. The molecule has 3 aromatic carbocycles. The Labute approximate surface area is 186 Å². The van der Waals surface area contributed by atoms with Crippen LogP contribution in [0.4, 0.5) is 17.1 Å². The van der Waals surface area contributed by atoms with Crippen molar-refractivity contribution in [3.8, 4) is 0 Å². The highest BCUT2D eigenvalue weighted by molar-refractivity contribution is 14.1. The number of nitro groups is 1. The number of halogens is 1. The van der Waals surface area contributed by atoms with Crippen molar-refractivity contribution in [2.45, 2.75) is 4.90 Å². The van der Waals surface area contributed by atoms with Crippen LogP contribution in [-0.4, -0.2) is 25.8 Å². The molecule has 8 nitrogen and oxygen atoms in total. The molecule has 10 heteroatoms. The number of rotatable bonds is 7. The predicted molar refractivity (Wildman–Crippen MR) is 122 cm³/mol. The molecule has 0 aromatic heterocycles. The Morgan fingerprint density at radius 3 is 2.13 bits per heavy atom. The summed E-state index contributed by atoms with van der Waals surface area (Å²) in [6.45, 7) is -0.499. The molecule has 0 unspecified atom stereocenters. The first kappa shape index (κ1) is 21.7. The van der Waals surface area contributed by atoms with Gasteiger partial charge in [0.1, 0.15) is 6.54 Å². The number of hydrogen-bond acceptors (Lipinski definition) is 5. The van der Waals surface area contributed by atoms with Gasteiger partial charge in [-0.1, -0.05) is 18.2 Å². The second kappa shape index (κ2) is 9.22. The van der Waals surface area contributed by atoms with Crippen molar-refractivity contribution in [2.24, 2.45) is 0 Å². The van der Waals surface area contributed by atoms with E-state index in [-0.39, 0.29) is 16.3 Å². The number of sulfonamides is 1. The summed E-state index contributed by atoms with van der Waals surface area (Å²) >= 11 is 2.13. The van der Waals surface area contributed by atoms with Gasteiger partial charge in [0.05, 0.1) is 15.5 Å². The number of carbonyl (C=O) groups excluding carboxylic acids is 1. The molecule has 0 heterocycles. The minimum Gasteiger partial charge on any atom is -0.325 e. The lowest BCUT2D eigenvalue weighted by molar-refractivity contribution is -0.384. The number of nitrogens with zero attached hydrogens (tertiary/aromatic N) is 2. The van der Waals surface area contributed by atoms with E-state index in [1.165, 1.54) is 36.4 Å². The van der Waals surface area contributed by atoms with Crippen molar-refractivity contribution in [3.63, 3.8) is 0 Å². The van der Waals surface area contributed by atoms with Crippen molar-refractivity contribution < 1.29 is 18.1 Å². The van der Waals surface area contributed by atoms with Gasteiger partial charge in [-0.25, -0.2) is 8.42 Å². The summed E-state index contributed by atoms with van der Waals surface area (Å²) < 4.78 is 28.3. The lowest BCUT2D eigenvalue weighted by Gasteiger charge is -2.24. The quantitative estimate of drug-likeness (QED) is 0.278. The van der Waals surface area contributed by atoms with Crippen LogP contribution in [0.1, 0.15) is 0 Å². The van der Waals surface area contributed by atoms with Gasteiger partial charge in [0.2, 0.25) is 5.91 Å². The molecule has 0 spiro atoms. The summed E-state index contributed by atoms with van der Waals surface area (Å²) in [5.41, 5.74) is 0.488. The van der Waals surface area contributed by atoms with Crippen LogP contribution in [-0.2, 0) is 14.8 Å². The lowest BCUT2D eigenvalue weighted by Crippen LogP contribution is -2.38. The molecule has 3 aromatic rings. The first-order valence-electron chi connectivity index (χ1n) is 8.65. The SMILES string of the molecule is O=C(CN(c1ccc([N+](=O)[O-])cc1)S(=O)(=O)c1ccccc1)Nc1ccc(I)cc1. The highest BCUT2D eigenvalue weighted by Crippen LogP contribution is 2.26. The van der Waals surface area contributed by atoms with E-state index in [0.717, 1.165) is 7.88 Å². The van der Waals surface area contributed by atoms with Crippen molar-refractivity contribution in [3.05, 3.63) is 92.5 Å². The number of benzene rings is 3. The van der Waals surface area contributed by atoms with Crippen LogP contribution in [0.2, 0.25) is 0 Å². The van der Waals surface area contributed by atoms with E-state index in [0.29, 0.717) is 5.69 Å². The molecule has 0 bridgehead atoms. The van der Waals surface area contributed by atoms with Gasteiger partial charge in [-0.05, 0) is 71.1 Å². The zero-order valence-electron chi connectivity index (χ0n) is 15.4. The second-order valence-electron chi connectivity index (χ2n) is 6.15. The van der Waals surface area contributed by atoms with Gasteiger partial charge in [-0.3, -0.25) is 19.2 Å². The van der Waals surface area contributed by atoms with E-state index in [4.69, 9.17) is 0 Å². The largest absolute Gasteiger partial charge is 0.325 e. The van der Waals surface area contributed by atoms with E-state index in [9.17, 15) is 23.3 Å². The van der Waals surface area contributed by atoms with Crippen molar-refractivity contribution >= 4 is 55.6 Å². The predicted octanol–water partition coefficient (Wildman–Crippen LogP) is 4.03. The van der Waals surface area contributed by atoms with Crippen molar-refractivity contribution in [2.75, 3.05) is 16.2 Å². The summed E-state index contributed by atoms with van der Waals surface area (Å²) in [6, 6.07) is 19.7. The smallest absolute Gasteiger partial charge is 0.269 e. The Balaban J connectivity index is 1.93. The summed E-state index contributed by atoms with van der Waals surface area (Å²) in [7, 11) is -4.08. The van der Waals surface area contributed by atoms with Gasteiger partial charge in [0.25, 0.3) is 15.7 Å². The maximum atomic E-state index is 13.2. The summed E-state index contributed by atoms with van der Waals surface area (Å²) in [5, 5.41) is 13.6. The topological polar surface area (TPSA) is 110 Å². The molecule has 0 fully saturated rings. The lowest BCUT2D eigenvalue weighted by atomic mass is 10.3. The molecular weight excluding hydrogens is 521 g/mol. The molecule has 0 saturated carbocycles. The number of nitrogens with one attached hydrogen (secondary N) is 1. The maximum absolute atomic E-state index is 13.2. The number of amides is 1. The van der Waals surface area contributed by atoms with E-state index < -0.39 is 27.4 Å². The third-order valence-electron chi connectivity index (χ3n) is 4.09. The Bertz CT molecular complexity index is 1150. The Kier molecular flexibility index (Phi) is 6.67. The van der Waals surface area contributed by atoms with Gasteiger partial charge >= 0.3 is 0 Å². The summed E-state index contributed by atoms with van der Waals surface area (Å²) in [4.78, 5) is 22.9. The van der Waals surface area contributed by atoms with Crippen LogP contribution in [0.3, 0.4) is 0 Å². The molecule has 0 aliphatic carbocycles. The maximum Gasteiger partial charge on any atom is 0.269 e. The summed E-state index contributed by atoms with van der Waals surface area (Å²) in [6.07, 6.45) is 0. The van der Waals surface area contributed by atoms with Gasteiger partial charge in [0, 0.05) is 21.4 Å². The van der Waals surface area contributed by atoms with E-state index in [1.807, 2.05) is 12.1 Å². The molecule has 0 aliphatic heterocycles. The summed E-state index contributed by atoms with van der Waals surface area (Å²) in [5.74, 6) is -0.547. The van der Waals surface area contributed by atoms with Crippen LogP contribution in [0.15, 0.2) is 83.8 Å². The third kappa shape index (κ3) is 5.13. The zero-order valence-corrected chi connectivity index (χ0v) is 18.4. The normalized spacial score (nSPS) is 11.0. The highest BCUT2D eigenvalue weighted by atomic mass is 127. The molecule has 154 valence electrons. The van der Waals surface area contributed by atoms with Crippen molar-refractivity contribution in [1.29, 1.82) is 0 Å². The van der Waals surface area contributed by atoms with Crippen LogP contribution in [0, 0.1) is 13.7 Å². The Morgan fingerprint density at radius 1 is 0.967 bits per heavy atom. The van der Waals surface area contributed by atoms with Crippen LogP contribution in [0.5, 0.6) is 0 Å². The highest BCUT2D eigenvalue weighted by Gasteiger charge is 2.27. The average Bonchev–Trinajstić information content (AvgIpc) is 2.74. The molecule has 3 rings (SSSR count). The standard InChI is InChI=1S/C20H16IN3O5S/c21-15-6-8-16(9-7-15)22-20(25)14-23(17-10-12-18(13-11-17)24(26)27)30(28,29)19-4-2-1-3-5-19/h1-13H,14H2,(H,22,25). The van der Waals surface area contributed by atoms with Gasteiger partial charge in [-0.2, -0.15) is 0 Å². The Morgan fingerprint density at radius 2 is 1.57 bits per heavy atom. The number of hydrogen-bond donors (Lipinski definition) is 1. The van der Waals surface area contributed by atoms with Gasteiger partial charge in [0.15, 0.2) is 0 Å². The van der Waals surface area contributed by atoms with E-state index in [1.54, 1.807) is 30.3 Å². The number of nitro benzene ring substituents is 1. The molecule has 30 heavy (non-hydrogen) atoms. The van der Waals surface area contributed by atoms with Crippen LogP contribution < -0.4 is 9.62 Å². The fourth-order valence-corrected chi connectivity index (χ4v) is 4.44. The van der Waals surface area contributed by atoms with Gasteiger partial charge < -0.3 is 5.32 Å². The minimum absolute atomic E-state index is 0.00502. The fourth-order valence-electron chi connectivity index (χ4n) is 2.64. The first-order valence-corrected chi connectivity index (χ1v) is 11.2. The van der Waals surface area contributed by atoms with Gasteiger partial charge in [-0.15, -0.1) is 0 Å². The van der Waals surface area contributed by atoms with Crippen LogP contribution >= 0.6 is 22.6 Å². The fraction of sp³-hybridized carbons (Fsp3) is 0.0500. The molecule has 1 N–H and O–H groups in total. The molecule has 0 aliphatic rings. The molecule has 0 saturated heterocycles. The van der Waals surface area contributed by atoms with Crippen molar-refractivity contribution in [1.82, 2.24) is 0 Å².